The molecule has 0 unspecified atom stereocenters. The van der Waals surface area contributed by atoms with E-state index in [1.54, 1.807) is 41.3 Å². The highest BCUT2D eigenvalue weighted by Gasteiger charge is 2.55. The van der Waals surface area contributed by atoms with Gasteiger partial charge in [0.15, 0.2) is 0 Å². The molecule has 4 rings (SSSR count). The first-order valence-electron chi connectivity index (χ1n) is 7.85. The summed E-state index contributed by atoms with van der Waals surface area (Å²) in [6.45, 7) is 1.19. The van der Waals surface area contributed by atoms with Crippen molar-refractivity contribution in [2.75, 3.05) is 18.1 Å². The number of amides is 1. The average Bonchev–Trinajstić information content (AvgIpc) is 2.80. The maximum atomic E-state index is 13.2. The summed E-state index contributed by atoms with van der Waals surface area (Å²) < 4.78 is 11.6. The zero-order chi connectivity index (χ0) is 17.6. The predicted octanol–water partition coefficient (Wildman–Crippen LogP) is 4.78. The van der Waals surface area contributed by atoms with E-state index in [4.69, 9.17) is 44.3 Å². The van der Waals surface area contributed by atoms with Gasteiger partial charge in [0.25, 0.3) is 11.7 Å². The van der Waals surface area contributed by atoms with Crippen LogP contribution in [0.25, 0.3) is 0 Å². The molecule has 0 aliphatic carbocycles. The number of carbonyl (C=O) groups excluding carboxylic acids is 1. The van der Waals surface area contributed by atoms with Gasteiger partial charge in [0.05, 0.1) is 25.4 Å². The highest BCUT2D eigenvalue weighted by atomic mass is 35.5. The molecule has 0 radical (unpaired) electrons. The first-order valence-corrected chi connectivity index (χ1v) is 8.98. The molecular formula is C18H14Cl3NO3. The van der Waals surface area contributed by atoms with Gasteiger partial charge in [0, 0.05) is 20.6 Å². The van der Waals surface area contributed by atoms with E-state index in [9.17, 15) is 4.79 Å². The van der Waals surface area contributed by atoms with Crippen molar-refractivity contribution in [3.63, 3.8) is 0 Å². The fourth-order valence-corrected chi connectivity index (χ4v) is 3.84. The minimum atomic E-state index is -1.42. The molecule has 2 aliphatic heterocycles. The minimum absolute atomic E-state index is 0.268. The fraction of sp³-hybridized carbons (Fsp3) is 0.278. The van der Waals surface area contributed by atoms with E-state index >= 15 is 0 Å². The molecule has 1 amide bonds. The molecule has 0 bridgehead atoms. The van der Waals surface area contributed by atoms with Crippen molar-refractivity contribution in [1.82, 2.24) is 0 Å². The van der Waals surface area contributed by atoms with Crippen molar-refractivity contribution in [3.05, 3.63) is 62.6 Å². The Bertz CT molecular complexity index is 849. The second kappa shape index (κ2) is 6.45. The number of hydrogen-bond donors (Lipinski definition) is 0. The Morgan fingerprint density at radius 1 is 1.00 bits per heavy atom. The molecule has 1 fully saturated rings. The first kappa shape index (κ1) is 17.1. The molecule has 4 nitrogen and oxygen atoms in total. The molecule has 7 heteroatoms. The Labute approximate surface area is 160 Å². The molecule has 0 N–H and O–H groups in total. The van der Waals surface area contributed by atoms with Gasteiger partial charge >= 0.3 is 0 Å². The standard InChI is InChI=1S/C18H14Cl3NO3/c19-12-4-5-16-14(8-12)18(24-6-1-7-25-18)17(23)22(16)10-11-2-3-13(20)9-15(11)21/h2-5,8-9H,1,6-7,10H2. The van der Waals surface area contributed by atoms with Gasteiger partial charge in [-0.1, -0.05) is 40.9 Å². The molecule has 2 aliphatic rings. The number of benzene rings is 2. The summed E-state index contributed by atoms with van der Waals surface area (Å²) in [7, 11) is 0. The van der Waals surface area contributed by atoms with Crippen molar-refractivity contribution in [1.29, 1.82) is 0 Å². The number of rotatable bonds is 2. The second-order valence-corrected chi connectivity index (χ2v) is 7.24. The molecule has 1 saturated heterocycles. The van der Waals surface area contributed by atoms with Crippen LogP contribution in [0.2, 0.25) is 15.1 Å². The smallest absolute Gasteiger partial charge is 0.292 e. The number of ether oxygens (including phenoxy) is 2. The third-order valence-corrected chi connectivity index (χ3v) is 5.20. The predicted molar refractivity (Wildman–Crippen MR) is 97.3 cm³/mol. The number of nitrogens with zero attached hydrogens (tertiary/aromatic N) is 1. The van der Waals surface area contributed by atoms with Gasteiger partial charge in [0.1, 0.15) is 0 Å². The van der Waals surface area contributed by atoms with Crippen molar-refractivity contribution < 1.29 is 14.3 Å². The van der Waals surface area contributed by atoms with Crippen LogP contribution in [0.3, 0.4) is 0 Å². The van der Waals surface area contributed by atoms with Gasteiger partial charge in [-0.3, -0.25) is 4.79 Å². The molecule has 25 heavy (non-hydrogen) atoms. The summed E-state index contributed by atoms with van der Waals surface area (Å²) >= 11 is 18.4. The Morgan fingerprint density at radius 2 is 1.68 bits per heavy atom. The first-order chi connectivity index (χ1) is 12.0. The quantitative estimate of drug-likeness (QED) is 0.730. The monoisotopic (exact) mass is 397 g/mol. The van der Waals surface area contributed by atoms with Crippen molar-refractivity contribution in [3.8, 4) is 0 Å². The van der Waals surface area contributed by atoms with Crippen LogP contribution in [0.15, 0.2) is 36.4 Å². The van der Waals surface area contributed by atoms with E-state index < -0.39 is 5.79 Å². The molecule has 130 valence electrons. The van der Waals surface area contributed by atoms with Crippen LogP contribution < -0.4 is 4.90 Å². The summed E-state index contributed by atoms with van der Waals surface area (Å²) in [6, 6.07) is 10.5. The molecule has 1 spiro atoms. The van der Waals surface area contributed by atoms with E-state index in [1.807, 2.05) is 0 Å². The summed E-state index contributed by atoms with van der Waals surface area (Å²) in [5, 5.41) is 1.57. The summed E-state index contributed by atoms with van der Waals surface area (Å²) in [5.74, 6) is -1.69. The van der Waals surface area contributed by atoms with E-state index in [0.29, 0.717) is 39.5 Å². The normalized spacial score (nSPS) is 18.7. The van der Waals surface area contributed by atoms with Crippen molar-refractivity contribution >= 4 is 46.4 Å². The van der Waals surface area contributed by atoms with Crippen LogP contribution in [0.1, 0.15) is 17.5 Å². The lowest BCUT2D eigenvalue weighted by Gasteiger charge is -2.32. The maximum absolute atomic E-state index is 13.2. The average molecular weight is 399 g/mol. The fourth-order valence-electron chi connectivity index (χ4n) is 3.20. The molecule has 2 aromatic carbocycles. The van der Waals surface area contributed by atoms with Crippen LogP contribution in [-0.4, -0.2) is 19.1 Å². The lowest BCUT2D eigenvalue weighted by Crippen LogP contribution is -2.47. The zero-order valence-corrected chi connectivity index (χ0v) is 15.4. The molecule has 0 aromatic heterocycles. The molecule has 0 saturated carbocycles. The van der Waals surface area contributed by atoms with Crippen molar-refractivity contribution in [2.24, 2.45) is 0 Å². The second-order valence-electron chi connectivity index (χ2n) is 5.96. The van der Waals surface area contributed by atoms with Gasteiger partial charge in [-0.25, -0.2) is 0 Å². The SMILES string of the molecule is O=C1N(Cc2ccc(Cl)cc2Cl)c2ccc(Cl)cc2C12OCCCO2. The van der Waals surface area contributed by atoms with Gasteiger partial charge in [-0.2, -0.15) is 0 Å². The van der Waals surface area contributed by atoms with E-state index in [0.717, 1.165) is 12.0 Å². The summed E-state index contributed by atoms with van der Waals surface area (Å²) in [4.78, 5) is 14.8. The number of carbonyl (C=O) groups is 1. The minimum Gasteiger partial charge on any atom is -0.338 e. The lowest BCUT2D eigenvalue weighted by atomic mass is 10.1. The number of fused-ring (bicyclic) bond motifs is 2. The van der Waals surface area contributed by atoms with Crippen LogP contribution >= 0.6 is 34.8 Å². The highest BCUT2D eigenvalue weighted by molar-refractivity contribution is 6.35. The van der Waals surface area contributed by atoms with Gasteiger partial charge < -0.3 is 14.4 Å². The van der Waals surface area contributed by atoms with Crippen molar-refractivity contribution in [2.45, 2.75) is 18.8 Å². The molecule has 2 heterocycles. The lowest BCUT2D eigenvalue weighted by molar-refractivity contribution is -0.256. The Morgan fingerprint density at radius 3 is 2.40 bits per heavy atom. The number of halogens is 3. The molecule has 0 atom stereocenters. The maximum Gasteiger partial charge on any atom is 0.292 e. The summed E-state index contributed by atoms with van der Waals surface area (Å²) in [6.07, 6.45) is 0.744. The molecule has 2 aromatic rings. The highest BCUT2D eigenvalue weighted by Crippen LogP contribution is 2.47. The van der Waals surface area contributed by atoms with Crippen LogP contribution in [0.4, 0.5) is 5.69 Å². The third-order valence-electron chi connectivity index (χ3n) is 4.37. The Kier molecular flexibility index (Phi) is 4.42. The van der Waals surface area contributed by atoms with E-state index in [-0.39, 0.29) is 12.5 Å². The number of hydrogen-bond acceptors (Lipinski definition) is 3. The number of anilines is 1. The third kappa shape index (κ3) is 2.82. The largest absolute Gasteiger partial charge is 0.338 e. The van der Waals surface area contributed by atoms with Crippen LogP contribution in [0, 0.1) is 0 Å². The molecular weight excluding hydrogens is 385 g/mol. The van der Waals surface area contributed by atoms with Crippen LogP contribution in [-0.2, 0) is 26.6 Å². The van der Waals surface area contributed by atoms with Crippen LogP contribution in [0.5, 0.6) is 0 Å². The Balaban J connectivity index is 1.77. The van der Waals surface area contributed by atoms with Gasteiger partial charge in [0.2, 0.25) is 0 Å². The van der Waals surface area contributed by atoms with Gasteiger partial charge in [-0.15, -0.1) is 0 Å². The van der Waals surface area contributed by atoms with Gasteiger partial charge in [-0.05, 0) is 42.3 Å². The Hall–Kier alpha value is -1.30. The van der Waals surface area contributed by atoms with E-state index in [2.05, 4.69) is 0 Å². The summed E-state index contributed by atoms with van der Waals surface area (Å²) in [5.41, 5.74) is 2.13. The van der Waals surface area contributed by atoms with E-state index in [1.165, 1.54) is 0 Å². The zero-order valence-electron chi connectivity index (χ0n) is 13.1. The topological polar surface area (TPSA) is 38.8 Å².